The zero-order valence-electron chi connectivity index (χ0n) is 23.6. The van der Waals surface area contributed by atoms with Gasteiger partial charge < -0.3 is 28.8 Å². The van der Waals surface area contributed by atoms with E-state index in [1.165, 1.54) is 37.6 Å². The van der Waals surface area contributed by atoms with E-state index in [2.05, 4.69) is 0 Å². The van der Waals surface area contributed by atoms with Crippen LogP contribution in [0.1, 0.15) is 28.3 Å². The van der Waals surface area contributed by atoms with Gasteiger partial charge in [-0.05, 0) is 66.9 Å². The quantitative estimate of drug-likeness (QED) is 0.181. The molecule has 1 atom stereocenters. The number of Topliss-reactive ketones (excluding diaryl/α,β-unsaturated/α-hetero) is 1. The molecule has 0 aliphatic carbocycles. The highest BCUT2D eigenvalue weighted by atomic mass is 32.1. The molecule has 3 aromatic carbocycles. The van der Waals surface area contributed by atoms with Crippen LogP contribution in [0.2, 0.25) is 0 Å². The van der Waals surface area contributed by atoms with Crippen molar-refractivity contribution < 1.29 is 38.4 Å². The number of methoxy groups -OCH3 is 3. The Bertz CT molecular complexity index is 1770. The lowest BCUT2D eigenvalue weighted by Crippen LogP contribution is -2.29. The fourth-order valence-corrected chi connectivity index (χ4v) is 6.58. The minimum atomic E-state index is -1.06. The summed E-state index contributed by atoms with van der Waals surface area (Å²) in [7, 11) is 4.44. The van der Waals surface area contributed by atoms with Crippen molar-refractivity contribution in [2.75, 3.05) is 39.4 Å². The second-order valence-corrected chi connectivity index (χ2v) is 10.9. The molecule has 6 rings (SSSR count). The summed E-state index contributed by atoms with van der Waals surface area (Å²) in [6.07, 6.45) is 0. The van der Waals surface area contributed by atoms with E-state index in [-0.39, 0.29) is 11.3 Å². The molecule has 0 spiro atoms. The van der Waals surface area contributed by atoms with Gasteiger partial charge in [-0.25, -0.2) is 4.98 Å². The second-order valence-electron chi connectivity index (χ2n) is 9.91. The van der Waals surface area contributed by atoms with E-state index in [0.717, 1.165) is 21.3 Å². The highest BCUT2D eigenvalue weighted by Crippen LogP contribution is 2.49. The number of aryl methyl sites for hydroxylation is 2. The molecule has 0 saturated carbocycles. The van der Waals surface area contributed by atoms with Crippen LogP contribution in [-0.4, -0.2) is 56.3 Å². The van der Waals surface area contributed by atoms with Gasteiger partial charge in [0.2, 0.25) is 5.75 Å². The number of anilines is 1. The predicted molar refractivity (Wildman–Crippen MR) is 157 cm³/mol. The summed E-state index contributed by atoms with van der Waals surface area (Å²) < 4.78 is 28.8. The van der Waals surface area contributed by atoms with E-state index in [0.29, 0.717) is 58.2 Å². The first-order valence-corrected chi connectivity index (χ1v) is 14.0. The van der Waals surface area contributed by atoms with Gasteiger partial charge in [0, 0.05) is 5.56 Å². The molecule has 1 unspecified atom stereocenters. The highest BCUT2D eigenvalue weighted by molar-refractivity contribution is 7.22. The zero-order valence-corrected chi connectivity index (χ0v) is 24.5. The van der Waals surface area contributed by atoms with Crippen molar-refractivity contribution in [3.8, 4) is 28.7 Å². The van der Waals surface area contributed by atoms with Crippen molar-refractivity contribution in [2.24, 2.45) is 0 Å². The molecule has 1 amide bonds. The Morgan fingerprint density at radius 1 is 0.952 bits per heavy atom. The maximum atomic E-state index is 13.8. The summed E-state index contributed by atoms with van der Waals surface area (Å²) in [5, 5.41) is 12.0. The van der Waals surface area contributed by atoms with E-state index >= 15 is 0 Å². The molecule has 0 radical (unpaired) electrons. The Labute approximate surface area is 245 Å². The minimum absolute atomic E-state index is 0.113. The maximum absolute atomic E-state index is 13.8. The molecule has 1 N–H and O–H groups in total. The van der Waals surface area contributed by atoms with Crippen molar-refractivity contribution in [2.45, 2.75) is 19.9 Å². The smallest absolute Gasteiger partial charge is 0.301 e. The number of ether oxygens (including phenoxy) is 5. The average molecular weight is 589 g/mol. The summed E-state index contributed by atoms with van der Waals surface area (Å²) >= 11 is 1.30. The largest absolute Gasteiger partial charge is 0.507 e. The Hall–Kier alpha value is -4.77. The lowest BCUT2D eigenvalue weighted by Gasteiger charge is -2.25. The molecule has 2 aliphatic heterocycles. The van der Waals surface area contributed by atoms with Gasteiger partial charge in [-0.1, -0.05) is 17.4 Å². The molecular formula is C31H28N2O8S. The van der Waals surface area contributed by atoms with Crippen LogP contribution >= 0.6 is 11.3 Å². The first-order chi connectivity index (χ1) is 20.2. The number of hydrogen-bond donors (Lipinski definition) is 1. The van der Waals surface area contributed by atoms with Crippen molar-refractivity contribution in [3.63, 3.8) is 0 Å². The first-order valence-electron chi connectivity index (χ1n) is 13.1. The van der Waals surface area contributed by atoms with Gasteiger partial charge in [0.15, 0.2) is 28.1 Å². The van der Waals surface area contributed by atoms with Crippen molar-refractivity contribution in [3.05, 3.63) is 70.3 Å². The van der Waals surface area contributed by atoms with Gasteiger partial charge in [-0.2, -0.15) is 0 Å². The SMILES string of the molecule is COc1cc(C2/C(=C(\O)c3ccc4c(c3)OCCO4)C(=O)C(=O)N2c2nc3c(C)cc(C)cc3s2)cc(OC)c1OC. The molecule has 42 heavy (non-hydrogen) atoms. The van der Waals surface area contributed by atoms with Crippen LogP contribution in [0, 0.1) is 13.8 Å². The molecule has 10 nitrogen and oxygen atoms in total. The number of aliphatic hydroxyl groups excluding tert-OH is 1. The summed E-state index contributed by atoms with van der Waals surface area (Å²) in [6.45, 7) is 4.70. The fraction of sp³-hybridized carbons (Fsp3) is 0.258. The van der Waals surface area contributed by atoms with Crippen molar-refractivity contribution in [1.82, 2.24) is 4.98 Å². The van der Waals surface area contributed by atoms with Gasteiger partial charge in [-0.15, -0.1) is 0 Å². The monoisotopic (exact) mass is 588 g/mol. The molecule has 1 aromatic heterocycles. The van der Waals surface area contributed by atoms with E-state index in [1.807, 2.05) is 26.0 Å². The standard InChI is InChI=1S/C31H28N2O8S/c1-15-10-16(2)25-23(11-15)42-31(32-25)33-26(18-13-21(37-3)29(39-5)22(14-18)38-4)24(28(35)30(33)36)27(34)17-6-7-19-20(12-17)41-9-8-40-19/h6-7,10-14,26,34H,8-9H2,1-5H3/b27-24+. The van der Waals surface area contributed by atoms with Crippen LogP contribution in [0.15, 0.2) is 48.0 Å². The normalized spacial score (nSPS) is 17.5. The number of thiazole rings is 1. The lowest BCUT2D eigenvalue weighted by atomic mass is 9.94. The summed E-state index contributed by atoms with van der Waals surface area (Å²) in [5.74, 6) is -0.0755. The van der Waals surface area contributed by atoms with Crippen molar-refractivity contribution >= 4 is 44.1 Å². The third-order valence-corrected chi connectivity index (χ3v) is 8.29. The van der Waals surface area contributed by atoms with Gasteiger partial charge >= 0.3 is 5.91 Å². The lowest BCUT2D eigenvalue weighted by molar-refractivity contribution is -0.132. The molecule has 3 heterocycles. The summed E-state index contributed by atoms with van der Waals surface area (Å²) in [5.41, 5.74) is 3.37. The number of carbonyl (C=O) groups excluding carboxylic acids is 2. The number of carbonyl (C=O) groups is 2. The van der Waals surface area contributed by atoms with Crippen LogP contribution in [0.4, 0.5) is 5.13 Å². The average Bonchev–Trinajstić information content (AvgIpc) is 3.53. The first kappa shape index (κ1) is 27.4. The van der Waals surface area contributed by atoms with Crippen LogP contribution in [0.5, 0.6) is 28.7 Å². The summed E-state index contributed by atoms with van der Waals surface area (Å²) in [6, 6.07) is 11.1. The molecule has 1 fully saturated rings. The van der Waals surface area contributed by atoms with Gasteiger partial charge in [-0.3, -0.25) is 14.5 Å². The number of hydrogen-bond acceptors (Lipinski definition) is 10. The molecule has 11 heteroatoms. The number of fused-ring (bicyclic) bond motifs is 2. The minimum Gasteiger partial charge on any atom is -0.507 e. The van der Waals surface area contributed by atoms with Crippen LogP contribution in [0.25, 0.3) is 16.0 Å². The Morgan fingerprint density at radius 3 is 2.31 bits per heavy atom. The molecule has 216 valence electrons. The third kappa shape index (κ3) is 4.37. The number of ketones is 1. The molecular weight excluding hydrogens is 560 g/mol. The maximum Gasteiger partial charge on any atom is 0.301 e. The molecule has 4 aromatic rings. The van der Waals surface area contributed by atoms with Gasteiger partial charge in [0.1, 0.15) is 19.0 Å². The third-order valence-electron chi connectivity index (χ3n) is 7.29. The number of aliphatic hydroxyl groups is 1. The van der Waals surface area contributed by atoms with Crippen molar-refractivity contribution in [1.29, 1.82) is 0 Å². The number of benzene rings is 3. The van der Waals surface area contributed by atoms with E-state index in [1.54, 1.807) is 30.3 Å². The Morgan fingerprint density at radius 2 is 1.64 bits per heavy atom. The van der Waals surface area contributed by atoms with E-state index < -0.39 is 17.7 Å². The molecule has 0 bridgehead atoms. The van der Waals surface area contributed by atoms with Gasteiger partial charge in [0.05, 0.1) is 43.2 Å². The second kappa shape index (κ2) is 10.6. The van der Waals surface area contributed by atoms with Crippen LogP contribution in [-0.2, 0) is 9.59 Å². The number of aromatic nitrogens is 1. The zero-order chi connectivity index (χ0) is 29.7. The predicted octanol–water partition coefficient (Wildman–Crippen LogP) is 5.34. The topological polar surface area (TPSA) is 117 Å². The van der Waals surface area contributed by atoms with E-state index in [4.69, 9.17) is 28.7 Å². The fourth-order valence-electron chi connectivity index (χ4n) is 5.41. The Kier molecular flexibility index (Phi) is 6.90. The van der Waals surface area contributed by atoms with Gasteiger partial charge in [0.25, 0.3) is 5.78 Å². The number of nitrogens with zero attached hydrogens (tertiary/aromatic N) is 2. The highest BCUT2D eigenvalue weighted by Gasteiger charge is 2.49. The van der Waals surface area contributed by atoms with Crippen LogP contribution < -0.4 is 28.6 Å². The number of rotatable bonds is 6. The number of amides is 1. The van der Waals surface area contributed by atoms with Crippen LogP contribution in [0.3, 0.4) is 0 Å². The summed E-state index contributed by atoms with van der Waals surface area (Å²) in [4.78, 5) is 33.7. The molecule has 1 saturated heterocycles. The molecule has 2 aliphatic rings. The van der Waals surface area contributed by atoms with E-state index in [9.17, 15) is 14.7 Å². The Balaban J connectivity index is 1.60.